The lowest BCUT2D eigenvalue weighted by molar-refractivity contribution is 0.585. The van der Waals surface area contributed by atoms with Crippen LogP contribution in [0.4, 0.5) is 20.3 Å². The molecule has 20 heavy (non-hydrogen) atoms. The Morgan fingerprint density at radius 2 is 2.05 bits per heavy atom. The van der Waals surface area contributed by atoms with E-state index in [-0.39, 0.29) is 16.8 Å². The van der Waals surface area contributed by atoms with Crippen molar-refractivity contribution in [1.82, 2.24) is 20.2 Å². The zero-order valence-corrected chi connectivity index (χ0v) is 11.0. The molecule has 0 bridgehead atoms. The zero-order valence-electron chi connectivity index (χ0n) is 10.2. The standard InChI is InChI=1S/C12H8ClF2N5/c1-5-2-3-7(14)9(8(5)15)17-10-6-4-16-20-11(6)19-12(13)18-10/h2-4H,1H3,(H2,16,17,18,19,20). The highest BCUT2D eigenvalue weighted by Crippen LogP contribution is 2.28. The van der Waals surface area contributed by atoms with Crippen LogP contribution in [0.5, 0.6) is 0 Å². The maximum absolute atomic E-state index is 14.0. The first-order valence-corrected chi connectivity index (χ1v) is 6.02. The molecule has 0 saturated carbocycles. The van der Waals surface area contributed by atoms with Crippen LogP contribution in [0.1, 0.15) is 5.56 Å². The molecule has 102 valence electrons. The van der Waals surface area contributed by atoms with Gasteiger partial charge < -0.3 is 5.32 Å². The Morgan fingerprint density at radius 1 is 1.25 bits per heavy atom. The lowest BCUT2D eigenvalue weighted by atomic mass is 10.2. The molecule has 0 aliphatic rings. The Bertz CT molecular complexity index is 802. The van der Waals surface area contributed by atoms with E-state index >= 15 is 0 Å². The summed E-state index contributed by atoms with van der Waals surface area (Å²) < 4.78 is 27.7. The van der Waals surface area contributed by atoms with Gasteiger partial charge >= 0.3 is 0 Å². The number of hydrogen-bond acceptors (Lipinski definition) is 4. The van der Waals surface area contributed by atoms with E-state index in [1.807, 2.05) is 0 Å². The average molecular weight is 296 g/mol. The van der Waals surface area contributed by atoms with E-state index in [0.29, 0.717) is 16.6 Å². The SMILES string of the molecule is Cc1ccc(F)c(Nc2nc(Cl)nc3[nH]ncc23)c1F. The number of anilines is 2. The molecule has 0 atom stereocenters. The van der Waals surface area contributed by atoms with Gasteiger partial charge in [0, 0.05) is 0 Å². The van der Waals surface area contributed by atoms with E-state index in [1.165, 1.54) is 18.3 Å². The zero-order chi connectivity index (χ0) is 14.3. The fourth-order valence-corrected chi connectivity index (χ4v) is 1.96. The molecule has 0 aliphatic carbocycles. The van der Waals surface area contributed by atoms with Crippen LogP contribution in [0.3, 0.4) is 0 Å². The van der Waals surface area contributed by atoms with Gasteiger partial charge in [0.1, 0.15) is 17.3 Å². The van der Waals surface area contributed by atoms with Crippen LogP contribution in [-0.4, -0.2) is 20.2 Å². The Kier molecular flexibility index (Phi) is 2.98. The monoisotopic (exact) mass is 295 g/mol. The molecule has 5 nitrogen and oxygen atoms in total. The van der Waals surface area contributed by atoms with E-state index < -0.39 is 11.6 Å². The number of nitrogens with zero attached hydrogens (tertiary/aromatic N) is 3. The van der Waals surface area contributed by atoms with Crippen LogP contribution in [-0.2, 0) is 0 Å². The molecule has 0 amide bonds. The molecule has 0 fully saturated rings. The first-order chi connectivity index (χ1) is 9.56. The predicted molar refractivity (Wildman–Crippen MR) is 71.1 cm³/mol. The van der Waals surface area contributed by atoms with Gasteiger partial charge in [-0.3, -0.25) is 5.10 Å². The van der Waals surface area contributed by atoms with Crippen molar-refractivity contribution in [2.24, 2.45) is 0 Å². The molecule has 1 aromatic carbocycles. The van der Waals surface area contributed by atoms with E-state index in [9.17, 15) is 8.78 Å². The number of halogens is 3. The minimum absolute atomic E-state index is 0.0577. The summed E-state index contributed by atoms with van der Waals surface area (Å²) in [5.41, 5.74) is 0.403. The number of nitrogens with one attached hydrogen (secondary N) is 2. The first-order valence-electron chi connectivity index (χ1n) is 5.64. The van der Waals surface area contributed by atoms with Crippen molar-refractivity contribution in [3.05, 3.63) is 40.8 Å². The summed E-state index contributed by atoms with van der Waals surface area (Å²) in [7, 11) is 0. The largest absolute Gasteiger partial charge is 0.335 e. The van der Waals surface area contributed by atoms with Crippen molar-refractivity contribution in [2.75, 3.05) is 5.32 Å². The van der Waals surface area contributed by atoms with Gasteiger partial charge in [-0.2, -0.15) is 15.1 Å². The van der Waals surface area contributed by atoms with Crippen LogP contribution in [0, 0.1) is 18.6 Å². The molecular formula is C12H8ClF2N5. The third-order valence-corrected chi connectivity index (χ3v) is 2.98. The topological polar surface area (TPSA) is 66.5 Å². The Labute approximate surface area is 117 Å². The lowest BCUT2D eigenvalue weighted by Crippen LogP contribution is -2.02. The molecule has 8 heteroatoms. The van der Waals surface area contributed by atoms with Gasteiger partial charge in [0.15, 0.2) is 11.5 Å². The molecular weight excluding hydrogens is 288 g/mol. The summed E-state index contributed by atoms with van der Waals surface area (Å²) in [5, 5.41) is 9.44. The van der Waals surface area contributed by atoms with Gasteiger partial charge in [0.05, 0.1) is 11.6 Å². The van der Waals surface area contributed by atoms with Gasteiger partial charge in [-0.15, -0.1) is 0 Å². The fraction of sp³-hybridized carbons (Fsp3) is 0.0833. The van der Waals surface area contributed by atoms with Crippen molar-refractivity contribution < 1.29 is 8.78 Å². The average Bonchev–Trinajstić information content (AvgIpc) is 2.87. The van der Waals surface area contributed by atoms with E-state index in [2.05, 4.69) is 25.5 Å². The van der Waals surface area contributed by atoms with Crippen molar-refractivity contribution in [1.29, 1.82) is 0 Å². The number of aryl methyl sites for hydroxylation is 1. The third-order valence-electron chi connectivity index (χ3n) is 2.81. The quantitative estimate of drug-likeness (QED) is 0.712. The maximum atomic E-state index is 14.0. The molecule has 3 rings (SSSR count). The summed E-state index contributed by atoms with van der Waals surface area (Å²) >= 11 is 5.76. The third kappa shape index (κ3) is 2.05. The normalized spacial score (nSPS) is 11.0. The molecule has 0 spiro atoms. The second-order valence-corrected chi connectivity index (χ2v) is 4.49. The van der Waals surface area contributed by atoms with Crippen LogP contribution in [0.2, 0.25) is 5.28 Å². The smallest absolute Gasteiger partial charge is 0.226 e. The molecule has 0 radical (unpaired) electrons. The van der Waals surface area contributed by atoms with E-state index in [1.54, 1.807) is 6.92 Å². The summed E-state index contributed by atoms with van der Waals surface area (Å²) in [6.45, 7) is 1.54. The summed E-state index contributed by atoms with van der Waals surface area (Å²) in [6.07, 6.45) is 1.44. The predicted octanol–water partition coefficient (Wildman–Crippen LogP) is 3.34. The number of H-pyrrole nitrogens is 1. The van der Waals surface area contributed by atoms with Gasteiger partial charge in [-0.1, -0.05) is 6.07 Å². The van der Waals surface area contributed by atoms with Crippen LogP contribution >= 0.6 is 11.6 Å². The Balaban J connectivity index is 2.14. The number of rotatable bonds is 2. The minimum atomic E-state index is -0.723. The van der Waals surface area contributed by atoms with Gasteiger partial charge in [0.25, 0.3) is 0 Å². The highest BCUT2D eigenvalue weighted by Gasteiger charge is 2.15. The van der Waals surface area contributed by atoms with Crippen molar-refractivity contribution >= 4 is 34.1 Å². The van der Waals surface area contributed by atoms with Gasteiger partial charge in [-0.25, -0.2) is 8.78 Å². The highest BCUT2D eigenvalue weighted by molar-refractivity contribution is 6.28. The van der Waals surface area contributed by atoms with Crippen molar-refractivity contribution in [3.63, 3.8) is 0 Å². The number of hydrogen-bond donors (Lipinski definition) is 2. The van der Waals surface area contributed by atoms with E-state index in [0.717, 1.165) is 0 Å². The van der Waals surface area contributed by atoms with Crippen LogP contribution in [0.15, 0.2) is 18.3 Å². The van der Waals surface area contributed by atoms with Gasteiger partial charge in [0.2, 0.25) is 5.28 Å². The number of benzene rings is 1. The number of aromatic amines is 1. The van der Waals surface area contributed by atoms with E-state index in [4.69, 9.17) is 11.6 Å². The van der Waals surface area contributed by atoms with Crippen LogP contribution < -0.4 is 5.32 Å². The fourth-order valence-electron chi connectivity index (χ4n) is 1.79. The first kappa shape index (κ1) is 12.7. The summed E-state index contributed by atoms with van der Waals surface area (Å²) in [6, 6.07) is 2.53. The molecule has 2 aromatic heterocycles. The second-order valence-electron chi connectivity index (χ2n) is 4.15. The maximum Gasteiger partial charge on any atom is 0.226 e. The lowest BCUT2D eigenvalue weighted by Gasteiger charge is -2.10. The number of fused-ring (bicyclic) bond motifs is 1. The Morgan fingerprint density at radius 3 is 2.85 bits per heavy atom. The summed E-state index contributed by atoms with van der Waals surface area (Å²) in [4.78, 5) is 7.84. The summed E-state index contributed by atoms with van der Waals surface area (Å²) in [5.74, 6) is -1.23. The van der Waals surface area contributed by atoms with Gasteiger partial charge in [-0.05, 0) is 30.2 Å². The number of aromatic nitrogens is 4. The second kappa shape index (κ2) is 4.68. The minimum Gasteiger partial charge on any atom is -0.335 e. The molecule has 0 aliphatic heterocycles. The Hall–Kier alpha value is -2.28. The van der Waals surface area contributed by atoms with Crippen LogP contribution in [0.25, 0.3) is 11.0 Å². The molecule has 3 aromatic rings. The van der Waals surface area contributed by atoms with Crippen molar-refractivity contribution in [2.45, 2.75) is 6.92 Å². The molecule has 2 N–H and O–H groups in total. The molecule has 0 saturated heterocycles. The van der Waals surface area contributed by atoms with Crippen molar-refractivity contribution in [3.8, 4) is 0 Å². The molecule has 0 unspecified atom stereocenters. The highest BCUT2D eigenvalue weighted by atomic mass is 35.5. The molecule has 2 heterocycles.